The molecule has 6 nitrogen and oxygen atoms in total. The fraction of sp³-hybridized carbons (Fsp3) is 0.450. The molecular weight excluding hydrogens is 330 g/mol. The lowest BCUT2D eigenvalue weighted by Crippen LogP contribution is -2.40. The van der Waals surface area contributed by atoms with Gasteiger partial charge >= 0.3 is 0 Å². The number of nitrogens with one attached hydrogen (secondary N) is 2. The zero-order chi connectivity index (χ0) is 19.1. The van der Waals surface area contributed by atoms with Gasteiger partial charge in [0, 0.05) is 18.7 Å². The fourth-order valence-electron chi connectivity index (χ4n) is 3.01. The van der Waals surface area contributed by atoms with Crippen LogP contribution in [-0.4, -0.2) is 37.4 Å². The maximum atomic E-state index is 12.5. The van der Waals surface area contributed by atoms with Crippen LogP contribution in [0.25, 0.3) is 0 Å². The highest BCUT2D eigenvalue weighted by Gasteiger charge is 2.36. The Kier molecular flexibility index (Phi) is 6.79. The van der Waals surface area contributed by atoms with E-state index in [1.807, 2.05) is 24.3 Å². The Labute approximate surface area is 154 Å². The molecule has 3 amide bonds. The lowest BCUT2D eigenvalue weighted by molar-refractivity contribution is -0.128. The highest BCUT2D eigenvalue weighted by molar-refractivity contribution is 6.01. The van der Waals surface area contributed by atoms with Crippen LogP contribution in [0.5, 0.6) is 0 Å². The Morgan fingerprint density at radius 3 is 2.77 bits per heavy atom. The summed E-state index contributed by atoms with van der Waals surface area (Å²) in [7, 11) is 0. The van der Waals surface area contributed by atoms with Crippen LogP contribution >= 0.6 is 0 Å². The van der Waals surface area contributed by atoms with E-state index in [4.69, 9.17) is 6.42 Å². The maximum absolute atomic E-state index is 12.5. The minimum atomic E-state index is -0.465. The Balaban J connectivity index is 2.02. The van der Waals surface area contributed by atoms with E-state index in [0.717, 1.165) is 17.7 Å². The van der Waals surface area contributed by atoms with Gasteiger partial charge in [0.25, 0.3) is 0 Å². The van der Waals surface area contributed by atoms with Gasteiger partial charge < -0.3 is 15.5 Å². The van der Waals surface area contributed by atoms with E-state index in [0.29, 0.717) is 12.5 Å². The highest BCUT2D eigenvalue weighted by atomic mass is 16.2. The van der Waals surface area contributed by atoms with Gasteiger partial charge in [0.05, 0.1) is 19.0 Å². The lowest BCUT2D eigenvalue weighted by Gasteiger charge is -2.23. The molecule has 2 rings (SSSR count). The van der Waals surface area contributed by atoms with Crippen LogP contribution in [0.3, 0.4) is 0 Å². The average molecular weight is 355 g/mol. The van der Waals surface area contributed by atoms with E-state index < -0.39 is 5.92 Å². The van der Waals surface area contributed by atoms with E-state index >= 15 is 0 Å². The molecule has 1 aliphatic heterocycles. The largest absolute Gasteiger partial charge is 0.347 e. The molecule has 2 N–H and O–H groups in total. The van der Waals surface area contributed by atoms with Crippen molar-refractivity contribution >= 4 is 23.4 Å². The summed E-state index contributed by atoms with van der Waals surface area (Å²) < 4.78 is 0. The van der Waals surface area contributed by atoms with Crippen molar-refractivity contribution in [1.29, 1.82) is 0 Å². The molecule has 0 spiro atoms. The number of anilines is 1. The standard InChI is InChI=1S/C20H25N3O3/c1-4-10-21-18(24)12-22-20(26)15-11-19(25)23(13-15)17-9-7-6-8-16(17)14(3)5-2/h1,6-9,14-15H,5,10-13H2,2-3H3,(H,21,24)(H,22,26). The predicted molar refractivity (Wildman–Crippen MR) is 100 cm³/mol. The van der Waals surface area contributed by atoms with Crippen LogP contribution in [0.4, 0.5) is 5.69 Å². The molecule has 1 saturated heterocycles. The minimum absolute atomic E-state index is 0.0716. The maximum Gasteiger partial charge on any atom is 0.240 e. The Hall–Kier alpha value is -2.81. The molecule has 1 aliphatic rings. The summed E-state index contributed by atoms with van der Waals surface area (Å²) in [4.78, 5) is 38.0. The summed E-state index contributed by atoms with van der Waals surface area (Å²) in [5, 5.41) is 5.06. The van der Waals surface area contributed by atoms with Gasteiger partial charge in [0.15, 0.2) is 0 Å². The number of benzene rings is 1. The summed E-state index contributed by atoms with van der Waals surface area (Å²) in [6.45, 7) is 4.53. The van der Waals surface area contributed by atoms with Gasteiger partial charge in [-0.3, -0.25) is 14.4 Å². The van der Waals surface area contributed by atoms with Crippen molar-refractivity contribution in [2.45, 2.75) is 32.6 Å². The normalized spacial score (nSPS) is 17.5. The van der Waals surface area contributed by atoms with Gasteiger partial charge in [-0.1, -0.05) is 38.0 Å². The first kappa shape index (κ1) is 19.5. The van der Waals surface area contributed by atoms with Crippen molar-refractivity contribution in [3.05, 3.63) is 29.8 Å². The molecular formula is C20H25N3O3. The Bertz CT molecular complexity index is 723. The number of hydrogen-bond donors (Lipinski definition) is 2. The minimum Gasteiger partial charge on any atom is -0.347 e. The summed E-state index contributed by atoms with van der Waals surface area (Å²) in [5.41, 5.74) is 1.98. The van der Waals surface area contributed by atoms with Gasteiger partial charge in [-0.15, -0.1) is 6.42 Å². The van der Waals surface area contributed by atoms with Crippen LogP contribution in [0, 0.1) is 18.3 Å². The number of amides is 3. The summed E-state index contributed by atoms with van der Waals surface area (Å²) >= 11 is 0. The van der Waals surface area contributed by atoms with Gasteiger partial charge in [-0.05, 0) is 24.0 Å². The van der Waals surface area contributed by atoms with E-state index in [-0.39, 0.29) is 37.2 Å². The molecule has 6 heteroatoms. The third-order valence-electron chi connectivity index (χ3n) is 4.68. The van der Waals surface area contributed by atoms with E-state index in [2.05, 4.69) is 30.4 Å². The van der Waals surface area contributed by atoms with Gasteiger partial charge in [-0.25, -0.2) is 0 Å². The van der Waals surface area contributed by atoms with Crippen molar-refractivity contribution in [2.75, 3.05) is 24.5 Å². The molecule has 1 heterocycles. The van der Waals surface area contributed by atoms with Crippen LogP contribution < -0.4 is 15.5 Å². The Morgan fingerprint density at radius 2 is 2.08 bits per heavy atom. The quantitative estimate of drug-likeness (QED) is 0.726. The van der Waals surface area contributed by atoms with Gasteiger partial charge in [-0.2, -0.15) is 0 Å². The molecule has 0 radical (unpaired) electrons. The fourth-order valence-corrected chi connectivity index (χ4v) is 3.01. The number of nitrogens with zero attached hydrogens (tertiary/aromatic N) is 1. The molecule has 1 aromatic carbocycles. The molecule has 138 valence electrons. The molecule has 2 unspecified atom stereocenters. The molecule has 0 saturated carbocycles. The second-order valence-electron chi connectivity index (χ2n) is 6.47. The molecule has 0 bridgehead atoms. The first-order valence-electron chi connectivity index (χ1n) is 8.85. The number of carbonyl (C=O) groups excluding carboxylic acids is 3. The first-order valence-corrected chi connectivity index (χ1v) is 8.85. The van der Waals surface area contributed by atoms with Crippen molar-refractivity contribution in [1.82, 2.24) is 10.6 Å². The van der Waals surface area contributed by atoms with Crippen molar-refractivity contribution in [3.8, 4) is 12.3 Å². The number of carbonyl (C=O) groups is 3. The SMILES string of the molecule is C#CCNC(=O)CNC(=O)C1CC(=O)N(c2ccccc2C(C)CC)C1. The van der Waals surface area contributed by atoms with Crippen molar-refractivity contribution < 1.29 is 14.4 Å². The Morgan fingerprint density at radius 1 is 1.35 bits per heavy atom. The number of rotatable bonds is 7. The van der Waals surface area contributed by atoms with Gasteiger partial charge in [0.1, 0.15) is 0 Å². The van der Waals surface area contributed by atoms with Crippen molar-refractivity contribution in [2.24, 2.45) is 5.92 Å². The first-order chi connectivity index (χ1) is 12.5. The van der Waals surface area contributed by atoms with Crippen LogP contribution in [-0.2, 0) is 14.4 Å². The average Bonchev–Trinajstić information content (AvgIpc) is 3.05. The second kappa shape index (κ2) is 9.04. The monoisotopic (exact) mass is 355 g/mol. The van der Waals surface area contributed by atoms with E-state index in [1.165, 1.54) is 0 Å². The van der Waals surface area contributed by atoms with E-state index in [9.17, 15) is 14.4 Å². The number of terminal acetylenes is 1. The molecule has 0 aromatic heterocycles. The molecule has 1 aromatic rings. The number of hydrogen-bond acceptors (Lipinski definition) is 3. The lowest BCUT2D eigenvalue weighted by atomic mass is 9.96. The molecule has 0 aliphatic carbocycles. The van der Waals surface area contributed by atoms with E-state index in [1.54, 1.807) is 4.90 Å². The molecule has 26 heavy (non-hydrogen) atoms. The zero-order valence-electron chi connectivity index (χ0n) is 15.2. The van der Waals surface area contributed by atoms with Crippen LogP contribution in [0.2, 0.25) is 0 Å². The third kappa shape index (κ3) is 4.63. The topological polar surface area (TPSA) is 78.5 Å². The van der Waals surface area contributed by atoms with Crippen molar-refractivity contribution in [3.63, 3.8) is 0 Å². The number of para-hydroxylation sites is 1. The zero-order valence-corrected chi connectivity index (χ0v) is 15.2. The second-order valence-corrected chi connectivity index (χ2v) is 6.47. The highest BCUT2D eigenvalue weighted by Crippen LogP contribution is 2.33. The predicted octanol–water partition coefficient (Wildman–Crippen LogP) is 1.42. The van der Waals surface area contributed by atoms with Gasteiger partial charge in [0.2, 0.25) is 17.7 Å². The van der Waals surface area contributed by atoms with Crippen LogP contribution in [0.1, 0.15) is 38.2 Å². The molecule has 1 fully saturated rings. The van der Waals surface area contributed by atoms with Crippen LogP contribution in [0.15, 0.2) is 24.3 Å². The summed E-state index contributed by atoms with van der Waals surface area (Å²) in [6.07, 6.45) is 6.18. The molecule has 2 atom stereocenters. The summed E-state index contributed by atoms with van der Waals surface area (Å²) in [5.74, 6) is 1.44. The smallest absolute Gasteiger partial charge is 0.240 e. The third-order valence-corrected chi connectivity index (χ3v) is 4.68. The summed E-state index contributed by atoms with van der Waals surface area (Å²) in [6, 6.07) is 7.81.